The summed E-state index contributed by atoms with van der Waals surface area (Å²) < 4.78 is 0. The molecule has 2 N–H and O–H groups in total. The zero-order valence-corrected chi connectivity index (χ0v) is 16.6. The van der Waals surface area contributed by atoms with E-state index in [0.717, 1.165) is 67.2 Å². The number of benzene rings is 2. The van der Waals surface area contributed by atoms with Crippen LogP contribution >= 0.6 is 0 Å². The maximum atomic E-state index is 9.85. The van der Waals surface area contributed by atoms with Gasteiger partial charge in [0.05, 0.1) is 0 Å². The summed E-state index contributed by atoms with van der Waals surface area (Å²) >= 11 is 0. The normalized spacial score (nSPS) is 10.1. The molecule has 2 heteroatoms. The molecule has 0 bridgehead atoms. The van der Waals surface area contributed by atoms with Crippen LogP contribution in [0.2, 0.25) is 0 Å². The molecule has 2 aromatic carbocycles. The molecule has 0 radical (unpaired) electrons. The average Bonchev–Trinajstić information content (AvgIpc) is 2.63. The number of rotatable bonds is 8. The molecule has 2 nitrogen and oxygen atoms in total. The van der Waals surface area contributed by atoms with Crippen molar-refractivity contribution in [1.29, 1.82) is 0 Å². The van der Waals surface area contributed by atoms with Gasteiger partial charge in [0.1, 0.15) is 11.5 Å². The molecule has 0 unspecified atom stereocenters. The van der Waals surface area contributed by atoms with Crippen molar-refractivity contribution in [2.45, 2.75) is 65.7 Å². The average molecular weight is 355 g/mol. The van der Waals surface area contributed by atoms with E-state index in [0.29, 0.717) is 11.5 Å². The molecule has 0 saturated heterocycles. The van der Waals surface area contributed by atoms with Crippen molar-refractivity contribution in [2.24, 2.45) is 0 Å². The zero-order valence-electron chi connectivity index (χ0n) is 16.6. The second-order valence-corrected chi connectivity index (χ2v) is 6.59. The summed E-state index contributed by atoms with van der Waals surface area (Å²) in [5, 5.41) is 19.7. The summed E-state index contributed by atoms with van der Waals surface area (Å²) in [5.41, 5.74) is 4.20. The fourth-order valence-electron chi connectivity index (χ4n) is 3.02. The van der Waals surface area contributed by atoms with Crippen molar-refractivity contribution >= 4 is 0 Å². The molecule has 2 rings (SSSR count). The Hall–Kier alpha value is -2.22. The monoisotopic (exact) mass is 354 g/mol. The number of phenolic OH excluding ortho intramolecular Hbond substituents is 2. The third-order valence-corrected chi connectivity index (χ3v) is 4.33. The van der Waals surface area contributed by atoms with Gasteiger partial charge in [-0.3, -0.25) is 0 Å². The highest BCUT2D eigenvalue weighted by Crippen LogP contribution is 2.25. The van der Waals surface area contributed by atoms with Crippen molar-refractivity contribution < 1.29 is 10.2 Å². The summed E-state index contributed by atoms with van der Waals surface area (Å²) in [7, 11) is 0. The first-order valence-electron chi connectivity index (χ1n) is 9.79. The van der Waals surface area contributed by atoms with Crippen LogP contribution in [0.15, 0.2) is 49.1 Å². The lowest BCUT2D eigenvalue weighted by Crippen LogP contribution is -1.90. The van der Waals surface area contributed by atoms with Crippen molar-refractivity contribution in [3.8, 4) is 11.5 Å². The predicted octanol–water partition coefficient (Wildman–Crippen LogP) is 6.37. The third-order valence-electron chi connectivity index (χ3n) is 4.33. The molecule has 0 spiro atoms. The summed E-state index contributed by atoms with van der Waals surface area (Å²) in [6.45, 7) is 10.0. The van der Waals surface area contributed by atoms with Crippen molar-refractivity contribution in [1.82, 2.24) is 0 Å². The van der Waals surface area contributed by atoms with Gasteiger partial charge in [0.25, 0.3) is 0 Å². The number of allylic oxidation sites excluding steroid dienone is 1. The minimum atomic E-state index is 0.448. The van der Waals surface area contributed by atoms with E-state index < -0.39 is 0 Å². The fraction of sp³-hybridized carbons (Fsp3) is 0.417. The fourth-order valence-corrected chi connectivity index (χ4v) is 3.02. The molecule has 0 aliphatic heterocycles. The molecule has 0 aromatic heterocycles. The molecule has 0 amide bonds. The third kappa shape index (κ3) is 6.59. The lowest BCUT2D eigenvalue weighted by molar-refractivity contribution is 0.460. The van der Waals surface area contributed by atoms with Crippen LogP contribution in [0.5, 0.6) is 11.5 Å². The van der Waals surface area contributed by atoms with Crippen molar-refractivity contribution in [3.05, 3.63) is 71.3 Å². The van der Waals surface area contributed by atoms with E-state index in [-0.39, 0.29) is 0 Å². The van der Waals surface area contributed by atoms with E-state index >= 15 is 0 Å². The predicted molar refractivity (Wildman–Crippen MR) is 112 cm³/mol. The van der Waals surface area contributed by atoms with Gasteiger partial charge >= 0.3 is 0 Å². The minimum Gasteiger partial charge on any atom is -0.507 e. The Morgan fingerprint density at radius 2 is 1.04 bits per heavy atom. The summed E-state index contributed by atoms with van der Waals surface area (Å²) in [6, 6.07) is 12.0. The van der Waals surface area contributed by atoms with Gasteiger partial charge < -0.3 is 10.2 Å². The molecular formula is C24H34O2. The van der Waals surface area contributed by atoms with E-state index in [1.54, 1.807) is 0 Å². The first-order chi connectivity index (χ1) is 12.6. The standard InChI is InChI=1S/C12H18O.C12H16O/c2*1-3-6-10-8-5-9-11(7-4-2)12(10)13/h5,8-9,13H,3-4,6-7H2,1-2H3;3,5,8-9,13H,1,4,6-7H2,2H3. The molecule has 2 aromatic rings. The quantitative estimate of drug-likeness (QED) is 0.541. The second kappa shape index (κ2) is 12.2. The lowest BCUT2D eigenvalue weighted by atomic mass is 10.0. The highest BCUT2D eigenvalue weighted by molar-refractivity contribution is 5.41. The molecule has 0 fully saturated rings. The van der Waals surface area contributed by atoms with Crippen LogP contribution in [0.25, 0.3) is 0 Å². The smallest absolute Gasteiger partial charge is 0.122 e. The number of aryl methyl sites for hydroxylation is 3. The Balaban J connectivity index is 0.000000260. The largest absolute Gasteiger partial charge is 0.507 e. The SMILES string of the molecule is C=CCc1cccc(CCC)c1O.CCCc1cccc(CCC)c1O. The number of phenols is 2. The Labute approximate surface area is 159 Å². The van der Waals surface area contributed by atoms with Crippen LogP contribution in [0.1, 0.15) is 62.3 Å². The van der Waals surface area contributed by atoms with Gasteiger partial charge in [-0.05, 0) is 47.9 Å². The molecule has 142 valence electrons. The van der Waals surface area contributed by atoms with E-state index in [2.05, 4.69) is 27.4 Å². The minimum absolute atomic E-state index is 0.448. The van der Waals surface area contributed by atoms with Gasteiger partial charge in [0.15, 0.2) is 0 Å². The molecule has 0 aliphatic rings. The zero-order chi connectivity index (χ0) is 19.4. The van der Waals surface area contributed by atoms with E-state index in [1.807, 2.05) is 42.5 Å². The number of aromatic hydroxyl groups is 2. The van der Waals surface area contributed by atoms with Crippen molar-refractivity contribution in [3.63, 3.8) is 0 Å². The highest BCUT2D eigenvalue weighted by atomic mass is 16.3. The molecule has 0 aliphatic carbocycles. The van der Waals surface area contributed by atoms with Crippen LogP contribution in [0, 0.1) is 0 Å². The van der Waals surface area contributed by atoms with Crippen LogP contribution in [-0.2, 0) is 25.7 Å². The van der Waals surface area contributed by atoms with Crippen LogP contribution in [0.4, 0.5) is 0 Å². The van der Waals surface area contributed by atoms with Gasteiger partial charge in [0.2, 0.25) is 0 Å². The maximum Gasteiger partial charge on any atom is 0.122 e. The molecule has 26 heavy (non-hydrogen) atoms. The van der Waals surface area contributed by atoms with Gasteiger partial charge in [-0.15, -0.1) is 6.58 Å². The Morgan fingerprint density at radius 1 is 0.692 bits per heavy atom. The van der Waals surface area contributed by atoms with Gasteiger partial charge in [0, 0.05) is 0 Å². The first-order valence-corrected chi connectivity index (χ1v) is 9.79. The van der Waals surface area contributed by atoms with Gasteiger partial charge in [-0.2, -0.15) is 0 Å². The van der Waals surface area contributed by atoms with Gasteiger partial charge in [-0.25, -0.2) is 0 Å². The van der Waals surface area contributed by atoms with E-state index in [4.69, 9.17) is 0 Å². The van der Waals surface area contributed by atoms with Crippen LogP contribution in [-0.4, -0.2) is 10.2 Å². The topological polar surface area (TPSA) is 40.5 Å². The van der Waals surface area contributed by atoms with Gasteiger partial charge in [-0.1, -0.05) is 82.5 Å². The number of hydrogen-bond donors (Lipinski definition) is 2. The first kappa shape index (κ1) is 21.8. The van der Waals surface area contributed by atoms with Crippen LogP contribution < -0.4 is 0 Å². The molecule has 0 atom stereocenters. The Bertz CT molecular complexity index is 650. The summed E-state index contributed by atoms with van der Waals surface area (Å²) in [6.07, 6.45) is 8.68. The molecule has 0 heterocycles. The van der Waals surface area contributed by atoms with Crippen molar-refractivity contribution in [2.75, 3.05) is 0 Å². The second-order valence-electron chi connectivity index (χ2n) is 6.59. The number of hydrogen-bond acceptors (Lipinski definition) is 2. The summed E-state index contributed by atoms with van der Waals surface area (Å²) in [5.74, 6) is 0.968. The van der Waals surface area contributed by atoms with E-state index in [9.17, 15) is 10.2 Å². The maximum absolute atomic E-state index is 9.85. The lowest BCUT2D eigenvalue weighted by Gasteiger charge is -2.07. The van der Waals surface area contributed by atoms with Crippen LogP contribution in [0.3, 0.4) is 0 Å². The highest BCUT2D eigenvalue weighted by Gasteiger charge is 2.05. The summed E-state index contributed by atoms with van der Waals surface area (Å²) in [4.78, 5) is 0. The molecule has 0 saturated carbocycles. The van der Waals surface area contributed by atoms with E-state index in [1.165, 1.54) is 0 Å². The molecular weight excluding hydrogens is 320 g/mol. The Kier molecular flexibility index (Phi) is 10.2. The Morgan fingerprint density at radius 3 is 1.38 bits per heavy atom. The number of para-hydroxylation sites is 2.